The molecule has 3 rings (SSSR count). The highest BCUT2D eigenvalue weighted by atomic mass is 32.2. The number of alkyl carbamates (subject to hydrolysis) is 1. The van der Waals surface area contributed by atoms with E-state index in [1.807, 2.05) is 51.2 Å². The summed E-state index contributed by atoms with van der Waals surface area (Å²) in [5.41, 5.74) is 4.07. The third-order valence-corrected chi connectivity index (χ3v) is 7.62. The first-order valence-electron chi connectivity index (χ1n) is 16.2. The number of hydrogen-bond donors (Lipinski definition) is 1. The lowest BCUT2D eigenvalue weighted by atomic mass is 10.0. The van der Waals surface area contributed by atoms with E-state index < -0.39 is 18.1 Å². The molecule has 1 aliphatic carbocycles. The Balaban J connectivity index is 0.00000173. The van der Waals surface area contributed by atoms with E-state index in [9.17, 15) is 9.59 Å². The van der Waals surface area contributed by atoms with Gasteiger partial charge in [-0.2, -0.15) is 0 Å². The van der Waals surface area contributed by atoms with Crippen molar-refractivity contribution in [1.29, 1.82) is 0 Å². The lowest BCUT2D eigenvalue weighted by Gasteiger charge is -2.21. The smallest absolute Gasteiger partial charge is 0.408 e. The fourth-order valence-electron chi connectivity index (χ4n) is 4.52. The van der Waals surface area contributed by atoms with Crippen molar-refractivity contribution in [3.05, 3.63) is 83.5 Å². The van der Waals surface area contributed by atoms with Crippen molar-refractivity contribution in [3.8, 4) is 0 Å². The molecule has 1 aromatic carbocycles. The molecule has 0 saturated carbocycles. The van der Waals surface area contributed by atoms with Gasteiger partial charge in [0.05, 0.1) is 11.4 Å². The summed E-state index contributed by atoms with van der Waals surface area (Å²) in [5, 5.41) is 2.69. The monoisotopic (exact) mass is 650 g/mol. The topological polar surface area (TPSA) is 85.7 Å². The molecule has 46 heavy (non-hydrogen) atoms. The maximum atomic E-state index is 12.8. The van der Waals surface area contributed by atoms with E-state index in [0.717, 1.165) is 53.0 Å². The number of hydrogen-bond acceptors (Lipinski definition) is 7. The first-order valence-corrected chi connectivity index (χ1v) is 17.0. The average molecular weight is 651 g/mol. The molecule has 252 valence electrons. The quantitative estimate of drug-likeness (QED) is 0.153. The number of amides is 1. The highest BCUT2D eigenvalue weighted by molar-refractivity contribution is 7.97. The molecule has 2 aromatic rings. The molecule has 0 spiro atoms. The van der Waals surface area contributed by atoms with Crippen molar-refractivity contribution < 1.29 is 19.1 Å². The second-order valence-corrected chi connectivity index (χ2v) is 13.6. The summed E-state index contributed by atoms with van der Waals surface area (Å²) in [6, 6.07) is 7.65. The minimum atomic E-state index is -0.756. The number of carbonyl (C=O) groups excluding carboxylic acids is 2. The summed E-state index contributed by atoms with van der Waals surface area (Å²) in [7, 11) is 1.96. The van der Waals surface area contributed by atoms with E-state index in [-0.39, 0.29) is 19.1 Å². The molecule has 1 amide bonds. The zero-order valence-corrected chi connectivity index (χ0v) is 29.9. The Bertz CT molecular complexity index is 1340. The minimum absolute atomic E-state index is 0.186. The van der Waals surface area contributed by atoms with Gasteiger partial charge in [0, 0.05) is 18.0 Å². The summed E-state index contributed by atoms with van der Waals surface area (Å²) >= 11 is 1.58. The maximum Gasteiger partial charge on any atom is 0.408 e. The standard InChI is InChI=1S/C33H44N4O4S.C4H10/c1-7-12-31-29(8-2)34-25(5)37(31)22-26-15-17-28(18-16-26)42-36(6)19-20-40-32(38)30(21-24(3)4)35-33(39)41-23-27-13-10-9-11-14-27;1-4(2)3/h7-8,10,12-18,24,30H,2,9,11,19-23H2,1,3-6H3,(H,35,39);4H,1-3H3/b12-7-;/t30-;/m0./s1. The second kappa shape index (κ2) is 20.5. The van der Waals surface area contributed by atoms with Crippen LogP contribution in [0, 0.1) is 18.8 Å². The molecule has 1 aliphatic rings. The van der Waals surface area contributed by atoms with E-state index in [4.69, 9.17) is 9.47 Å². The SMILES string of the molecule is C=Cc1nc(C)n(Cc2ccc(SN(C)CCOC(=O)[C@H](CC(C)C)NC(=O)OCC3=CCCC=C3)cc2)c1/C=C\C.CC(C)C. The van der Waals surface area contributed by atoms with Crippen LogP contribution >= 0.6 is 11.9 Å². The van der Waals surface area contributed by atoms with Crippen LogP contribution in [0.25, 0.3) is 12.2 Å². The van der Waals surface area contributed by atoms with Crippen LogP contribution in [0.2, 0.25) is 0 Å². The van der Waals surface area contributed by atoms with Crippen molar-refractivity contribution in [2.24, 2.45) is 11.8 Å². The molecular formula is C37H54N4O4S. The summed E-state index contributed by atoms with van der Waals surface area (Å²) in [6.45, 7) is 20.0. The molecule has 0 aliphatic heterocycles. The molecule has 1 aromatic heterocycles. The van der Waals surface area contributed by atoms with Gasteiger partial charge in [-0.05, 0) is 99.4 Å². The van der Waals surface area contributed by atoms with Crippen molar-refractivity contribution in [1.82, 2.24) is 19.2 Å². The maximum absolute atomic E-state index is 12.8. The van der Waals surface area contributed by atoms with Gasteiger partial charge in [-0.1, -0.05) is 77.6 Å². The van der Waals surface area contributed by atoms with Gasteiger partial charge in [-0.3, -0.25) is 0 Å². The van der Waals surface area contributed by atoms with Gasteiger partial charge in [-0.25, -0.2) is 18.9 Å². The Labute approximate surface area is 281 Å². The number of nitrogens with one attached hydrogen (secondary N) is 1. The van der Waals surface area contributed by atoms with E-state index in [2.05, 4.69) is 84.7 Å². The third-order valence-electron chi connectivity index (χ3n) is 6.65. The molecule has 0 saturated heterocycles. The Hall–Kier alpha value is -3.56. The van der Waals surface area contributed by atoms with Crippen molar-refractivity contribution in [2.45, 2.75) is 85.2 Å². The molecule has 0 bridgehead atoms. The normalized spacial score (nSPS) is 13.4. The number of likely N-dealkylation sites (N-methyl/N-ethyl adjacent to an activating group) is 1. The summed E-state index contributed by atoms with van der Waals surface area (Å²) in [6.07, 6.45) is 13.7. The minimum Gasteiger partial charge on any atom is -0.463 e. The summed E-state index contributed by atoms with van der Waals surface area (Å²) in [5.74, 6) is 1.53. The van der Waals surface area contributed by atoms with E-state index >= 15 is 0 Å². The zero-order chi connectivity index (χ0) is 34.1. The van der Waals surface area contributed by atoms with Gasteiger partial charge in [0.25, 0.3) is 0 Å². The van der Waals surface area contributed by atoms with E-state index in [1.165, 1.54) is 5.56 Å². The number of carbonyl (C=O) groups is 2. The summed E-state index contributed by atoms with van der Waals surface area (Å²) < 4.78 is 15.1. The molecule has 0 radical (unpaired) electrons. The lowest BCUT2D eigenvalue weighted by Crippen LogP contribution is -2.43. The number of aromatic nitrogens is 2. The number of esters is 1. The van der Waals surface area contributed by atoms with E-state index in [1.54, 1.807) is 18.0 Å². The number of allylic oxidation sites excluding steroid dienone is 3. The molecule has 0 fully saturated rings. The van der Waals surface area contributed by atoms with Gasteiger partial charge < -0.3 is 19.4 Å². The molecule has 1 atom stereocenters. The Kier molecular flexibility index (Phi) is 17.2. The molecule has 1 heterocycles. The number of aryl methyl sites for hydroxylation is 1. The fraction of sp³-hybridized carbons (Fsp3) is 0.486. The van der Waals surface area contributed by atoms with Crippen LogP contribution in [0.5, 0.6) is 0 Å². The first-order chi connectivity index (χ1) is 21.9. The highest BCUT2D eigenvalue weighted by Crippen LogP contribution is 2.23. The third kappa shape index (κ3) is 14.3. The fourth-order valence-corrected chi connectivity index (χ4v) is 5.30. The lowest BCUT2D eigenvalue weighted by molar-refractivity contribution is -0.146. The Morgan fingerprint density at radius 3 is 2.41 bits per heavy atom. The van der Waals surface area contributed by atoms with Crippen molar-refractivity contribution in [2.75, 3.05) is 26.8 Å². The predicted octanol–water partition coefficient (Wildman–Crippen LogP) is 8.48. The average Bonchev–Trinajstić information content (AvgIpc) is 3.30. The Morgan fingerprint density at radius 2 is 1.83 bits per heavy atom. The predicted molar refractivity (Wildman–Crippen MR) is 191 cm³/mol. The van der Waals surface area contributed by atoms with Crippen LogP contribution in [0.3, 0.4) is 0 Å². The zero-order valence-electron chi connectivity index (χ0n) is 29.0. The van der Waals surface area contributed by atoms with Crippen LogP contribution in [0.1, 0.15) is 83.6 Å². The van der Waals surface area contributed by atoms with Crippen molar-refractivity contribution >= 4 is 36.2 Å². The number of rotatable bonds is 15. The highest BCUT2D eigenvalue weighted by Gasteiger charge is 2.24. The van der Waals surface area contributed by atoms with Gasteiger partial charge >= 0.3 is 12.1 Å². The van der Waals surface area contributed by atoms with Crippen LogP contribution in [0.4, 0.5) is 4.79 Å². The van der Waals surface area contributed by atoms with Gasteiger partial charge in [-0.15, -0.1) is 0 Å². The number of ether oxygens (including phenoxy) is 2. The molecule has 9 heteroatoms. The Morgan fingerprint density at radius 1 is 1.13 bits per heavy atom. The number of imidazole rings is 1. The van der Waals surface area contributed by atoms with E-state index in [0.29, 0.717) is 13.0 Å². The van der Waals surface area contributed by atoms with Crippen LogP contribution in [0.15, 0.2) is 65.6 Å². The van der Waals surface area contributed by atoms with Gasteiger partial charge in [0.15, 0.2) is 0 Å². The van der Waals surface area contributed by atoms with Gasteiger partial charge in [0.2, 0.25) is 0 Å². The molecule has 1 N–H and O–H groups in total. The van der Waals surface area contributed by atoms with Crippen LogP contribution < -0.4 is 5.32 Å². The molecular weight excluding hydrogens is 596 g/mol. The summed E-state index contributed by atoms with van der Waals surface area (Å²) in [4.78, 5) is 30.9. The molecule has 8 nitrogen and oxygen atoms in total. The number of benzene rings is 1. The van der Waals surface area contributed by atoms with Crippen LogP contribution in [-0.2, 0) is 20.8 Å². The largest absolute Gasteiger partial charge is 0.463 e. The number of nitrogens with zero attached hydrogens (tertiary/aromatic N) is 3. The first kappa shape index (κ1) is 38.6. The second-order valence-electron chi connectivity index (χ2n) is 12.4. The van der Waals surface area contributed by atoms with Crippen molar-refractivity contribution in [3.63, 3.8) is 0 Å². The van der Waals surface area contributed by atoms with Gasteiger partial charge in [0.1, 0.15) is 25.1 Å². The van der Waals surface area contributed by atoms with Crippen LogP contribution in [-0.4, -0.2) is 58.8 Å². The molecule has 0 unspecified atom stereocenters.